The quantitative estimate of drug-likeness (QED) is 0.851. The van der Waals surface area contributed by atoms with E-state index in [1.807, 2.05) is 0 Å². The predicted molar refractivity (Wildman–Crippen MR) is 66.2 cm³/mol. The molecule has 0 amide bonds. The fourth-order valence-corrected chi connectivity index (χ4v) is 1.51. The van der Waals surface area contributed by atoms with Gasteiger partial charge in [-0.05, 0) is 12.1 Å². The van der Waals surface area contributed by atoms with E-state index in [9.17, 15) is 22.0 Å². The van der Waals surface area contributed by atoms with Crippen molar-refractivity contribution in [3.8, 4) is 0 Å². The second kappa shape index (κ2) is 5.51. The van der Waals surface area contributed by atoms with E-state index >= 15 is 0 Å². The summed E-state index contributed by atoms with van der Waals surface area (Å²) in [5.74, 6) is -2.95. The van der Waals surface area contributed by atoms with E-state index < -0.39 is 23.5 Å². The van der Waals surface area contributed by atoms with E-state index in [4.69, 9.17) is 0 Å². The van der Waals surface area contributed by atoms with Crippen LogP contribution in [0, 0.1) is 11.6 Å². The molecule has 2 rings (SSSR count). The Hall–Kier alpha value is -2.45. The van der Waals surface area contributed by atoms with Gasteiger partial charge in [-0.15, -0.1) is 0 Å². The zero-order valence-corrected chi connectivity index (χ0v) is 10.6. The van der Waals surface area contributed by atoms with Gasteiger partial charge < -0.3 is 10.6 Å². The Labute approximate surface area is 116 Å². The third kappa shape index (κ3) is 3.36. The monoisotopic (exact) mass is 304 g/mol. The van der Waals surface area contributed by atoms with Crippen LogP contribution >= 0.6 is 0 Å². The molecule has 0 aliphatic carbocycles. The lowest BCUT2D eigenvalue weighted by atomic mass is 10.3. The molecule has 1 aromatic carbocycles. The second-order valence-electron chi connectivity index (χ2n) is 3.94. The number of hydrogen-bond donors (Lipinski definition) is 2. The zero-order valence-electron chi connectivity index (χ0n) is 10.6. The van der Waals surface area contributed by atoms with Crippen LogP contribution in [0.4, 0.5) is 39.4 Å². The topological polar surface area (TPSA) is 49.8 Å². The van der Waals surface area contributed by atoms with Gasteiger partial charge in [-0.2, -0.15) is 18.2 Å². The molecule has 4 nitrogen and oxygen atoms in total. The number of hydrogen-bond acceptors (Lipinski definition) is 4. The molecule has 9 heteroatoms. The maximum absolute atomic E-state index is 13.5. The Balaban J connectivity index is 2.42. The summed E-state index contributed by atoms with van der Waals surface area (Å²) >= 11 is 0. The van der Waals surface area contributed by atoms with Crippen LogP contribution in [0.15, 0.2) is 24.3 Å². The molecular weight excluding hydrogens is 295 g/mol. The average Bonchev–Trinajstić information content (AvgIpc) is 2.42. The molecule has 1 aromatic heterocycles. The van der Waals surface area contributed by atoms with Crippen molar-refractivity contribution >= 4 is 17.5 Å². The first-order valence-electron chi connectivity index (χ1n) is 5.66. The van der Waals surface area contributed by atoms with Gasteiger partial charge in [0.25, 0.3) is 0 Å². The summed E-state index contributed by atoms with van der Waals surface area (Å²) in [5.41, 5.74) is -1.54. The van der Waals surface area contributed by atoms with E-state index in [1.54, 1.807) is 0 Å². The van der Waals surface area contributed by atoms with Crippen molar-refractivity contribution in [1.82, 2.24) is 9.97 Å². The van der Waals surface area contributed by atoms with Gasteiger partial charge in [-0.25, -0.2) is 13.8 Å². The molecule has 0 aliphatic rings. The first-order valence-corrected chi connectivity index (χ1v) is 5.66. The zero-order chi connectivity index (χ0) is 15.6. The first-order chi connectivity index (χ1) is 9.81. The highest BCUT2D eigenvalue weighted by Gasteiger charge is 2.33. The number of rotatable bonds is 3. The van der Waals surface area contributed by atoms with Crippen molar-refractivity contribution in [1.29, 1.82) is 0 Å². The van der Waals surface area contributed by atoms with Crippen molar-refractivity contribution in [2.45, 2.75) is 6.18 Å². The molecule has 2 aromatic rings. The molecule has 1 heterocycles. The Bertz CT molecular complexity index is 657. The number of halogens is 5. The average molecular weight is 304 g/mol. The van der Waals surface area contributed by atoms with Gasteiger partial charge >= 0.3 is 6.18 Å². The van der Waals surface area contributed by atoms with Crippen molar-refractivity contribution in [3.63, 3.8) is 0 Å². The molecule has 0 fully saturated rings. The minimum Gasteiger partial charge on any atom is -0.357 e. The maximum Gasteiger partial charge on any atom is 0.433 e. The van der Waals surface area contributed by atoms with Crippen LogP contribution < -0.4 is 10.6 Å². The summed E-state index contributed by atoms with van der Waals surface area (Å²) in [6.07, 6.45) is -4.69. The predicted octanol–water partition coefficient (Wildman–Crippen LogP) is 3.56. The first kappa shape index (κ1) is 14.9. The fourth-order valence-electron chi connectivity index (χ4n) is 1.51. The van der Waals surface area contributed by atoms with Gasteiger partial charge in [-0.3, -0.25) is 0 Å². The van der Waals surface area contributed by atoms with Crippen molar-refractivity contribution in [2.75, 3.05) is 17.7 Å². The summed E-state index contributed by atoms with van der Waals surface area (Å²) in [6.45, 7) is 0. The number of anilines is 3. The molecule has 0 spiro atoms. The SMILES string of the molecule is CNc1nc(Nc2cccc(F)c2F)cc(C(F)(F)F)n1. The summed E-state index contributed by atoms with van der Waals surface area (Å²) in [6, 6.07) is 3.88. The van der Waals surface area contributed by atoms with Crippen LogP contribution in [-0.4, -0.2) is 17.0 Å². The number of alkyl halides is 3. The molecule has 0 aliphatic heterocycles. The standard InChI is InChI=1S/C12H9F5N4/c1-18-11-20-8(12(15,16)17)5-9(21-11)19-7-4-2-3-6(13)10(7)14/h2-5H,1H3,(H2,18,19,20,21). The third-order valence-electron chi connectivity index (χ3n) is 2.45. The van der Waals surface area contributed by atoms with Crippen LogP contribution in [0.1, 0.15) is 5.69 Å². The number of aromatic nitrogens is 2. The van der Waals surface area contributed by atoms with Gasteiger partial charge in [0.1, 0.15) is 5.82 Å². The lowest BCUT2D eigenvalue weighted by Crippen LogP contribution is -2.12. The van der Waals surface area contributed by atoms with Gasteiger partial charge in [-0.1, -0.05) is 6.07 Å². The van der Waals surface area contributed by atoms with Crippen LogP contribution in [0.5, 0.6) is 0 Å². The number of nitrogens with zero attached hydrogens (tertiary/aromatic N) is 2. The fraction of sp³-hybridized carbons (Fsp3) is 0.167. The molecule has 0 radical (unpaired) electrons. The third-order valence-corrected chi connectivity index (χ3v) is 2.45. The normalized spacial score (nSPS) is 11.3. The van der Waals surface area contributed by atoms with Crippen LogP contribution in [0.25, 0.3) is 0 Å². The lowest BCUT2D eigenvalue weighted by molar-refractivity contribution is -0.141. The van der Waals surface area contributed by atoms with E-state index in [0.29, 0.717) is 6.07 Å². The summed E-state index contributed by atoms with van der Waals surface area (Å²) < 4.78 is 64.6. The summed E-state index contributed by atoms with van der Waals surface area (Å²) in [7, 11) is 1.34. The van der Waals surface area contributed by atoms with Crippen molar-refractivity contribution < 1.29 is 22.0 Å². The van der Waals surface area contributed by atoms with E-state index in [2.05, 4.69) is 20.6 Å². The van der Waals surface area contributed by atoms with E-state index in [0.717, 1.165) is 6.07 Å². The molecular formula is C12H9F5N4. The second-order valence-corrected chi connectivity index (χ2v) is 3.94. The van der Waals surface area contributed by atoms with E-state index in [1.165, 1.54) is 19.2 Å². The Morgan fingerprint density at radius 2 is 1.81 bits per heavy atom. The molecule has 0 bridgehead atoms. The van der Waals surface area contributed by atoms with Gasteiger partial charge in [0.05, 0.1) is 5.69 Å². The molecule has 0 unspecified atom stereocenters. The smallest absolute Gasteiger partial charge is 0.357 e. The van der Waals surface area contributed by atoms with Gasteiger partial charge in [0.15, 0.2) is 17.3 Å². The van der Waals surface area contributed by atoms with Crippen molar-refractivity contribution in [3.05, 3.63) is 41.6 Å². The molecule has 21 heavy (non-hydrogen) atoms. The molecule has 112 valence electrons. The minimum absolute atomic E-state index is 0.302. The van der Waals surface area contributed by atoms with E-state index in [-0.39, 0.29) is 17.5 Å². The summed E-state index contributed by atoms with van der Waals surface area (Å²) in [5, 5.41) is 4.66. The van der Waals surface area contributed by atoms with Crippen LogP contribution in [-0.2, 0) is 6.18 Å². The number of nitrogens with one attached hydrogen (secondary N) is 2. The summed E-state index contributed by atoms with van der Waals surface area (Å²) in [4.78, 5) is 6.96. The van der Waals surface area contributed by atoms with Crippen molar-refractivity contribution in [2.24, 2.45) is 0 Å². The van der Waals surface area contributed by atoms with Crippen LogP contribution in [0.2, 0.25) is 0 Å². The van der Waals surface area contributed by atoms with Crippen LogP contribution in [0.3, 0.4) is 0 Å². The Morgan fingerprint density at radius 3 is 2.43 bits per heavy atom. The largest absolute Gasteiger partial charge is 0.433 e. The Kier molecular flexibility index (Phi) is 3.92. The van der Waals surface area contributed by atoms with Gasteiger partial charge in [0, 0.05) is 13.1 Å². The highest BCUT2D eigenvalue weighted by molar-refractivity contribution is 5.58. The number of benzene rings is 1. The molecule has 0 saturated carbocycles. The maximum atomic E-state index is 13.5. The minimum atomic E-state index is -4.69. The lowest BCUT2D eigenvalue weighted by Gasteiger charge is -2.12. The highest BCUT2D eigenvalue weighted by Crippen LogP contribution is 2.30. The van der Waals surface area contributed by atoms with Gasteiger partial charge in [0.2, 0.25) is 5.95 Å². The molecule has 2 N–H and O–H groups in total. The molecule has 0 saturated heterocycles. The Morgan fingerprint density at radius 1 is 1.10 bits per heavy atom. The molecule has 0 atom stereocenters. The highest BCUT2D eigenvalue weighted by atomic mass is 19.4.